The number of nitrogens with zero attached hydrogens (tertiary/aromatic N) is 3. The third-order valence-corrected chi connectivity index (χ3v) is 3.70. The van der Waals surface area contributed by atoms with Crippen LogP contribution in [0, 0.1) is 5.95 Å². The molecule has 0 aliphatic carbocycles. The van der Waals surface area contributed by atoms with Crippen molar-refractivity contribution in [3.63, 3.8) is 0 Å². The Morgan fingerprint density at radius 2 is 2.09 bits per heavy atom. The zero-order valence-electron chi connectivity index (χ0n) is 11.9. The van der Waals surface area contributed by atoms with E-state index in [1.165, 1.54) is 24.0 Å². The number of rotatable bonds is 5. The Hall–Kier alpha value is -2.74. The highest BCUT2D eigenvalue weighted by Gasteiger charge is 2.10. The molecule has 1 aromatic carbocycles. The van der Waals surface area contributed by atoms with Crippen LogP contribution in [0.2, 0.25) is 0 Å². The average Bonchev–Trinajstić information content (AvgIpc) is 3.03. The molecule has 2 aromatic heterocycles. The van der Waals surface area contributed by atoms with Crippen LogP contribution in [0.5, 0.6) is 0 Å². The fraction of sp³-hybridized carbons (Fsp3) is 0.0667. The summed E-state index contributed by atoms with van der Waals surface area (Å²) in [6, 6.07) is 12.1. The summed E-state index contributed by atoms with van der Waals surface area (Å²) in [6.07, 6.45) is 1.35. The predicted molar refractivity (Wildman–Crippen MR) is 85.4 cm³/mol. The lowest BCUT2D eigenvalue weighted by Crippen LogP contribution is -2.13. The minimum absolute atomic E-state index is 0.150. The molecule has 0 atom stereocenters. The Labute approximate surface area is 135 Å². The number of carbonyl (C=O) groups is 1. The Morgan fingerprint density at radius 1 is 1.26 bits per heavy atom. The van der Waals surface area contributed by atoms with Gasteiger partial charge in [-0.2, -0.15) is 4.39 Å². The maximum Gasteiger partial charge on any atom is 0.234 e. The highest BCUT2D eigenvalue weighted by molar-refractivity contribution is 7.99. The van der Waals surface area contributed by atoms with Gasteiger partial charge in [0.05, 0.1) is 5.75 Å². The van der Waals surface area contributed by atoms with Crippen molar-refractivity contribution in [1.82, 2.24) is 20.2 Å². The number of halogens is 1. The van der Waals surface area contributed by atoms with Crippen molar-refractivity contribution in [3.05, 3.63) is 54.6 Å². The zero-order valence-corrected chi connectivity index (χ0v) is 12.7. The molecule has 6 nitrogen and oxygen atoms in total. The van der Waals surface area contributed by atoms with Crippen molar-refractivity contribution in [2.24, 2.45) is 0 Å². The summed E-state index contributed by atoms with van der Waals surface area (Å²) in [5.74, 6) is -0.133. The summed E-state index contributed by atoms with van der Waals surface area (Å²) in [5, 5.41) is 9.91. The van der Waals surface area contributed by atoms with Gasteiger partial charge in [-0.1, -0.05) is 30.0 Å². The maximum atomic E-state index is 13.1. The van der Waals surface area contributed by atoms with Crippen LogP contribution in [0.15, 0.2) is 53.8 Å². The van der Waals surface area contributed by atoms with Crippen molar-refractivity contribution in [2.45, 2.75) is 5.16 Å². The lowest BCUT2D eigenvalue weighted by molar-refractivity contribution is -0.113. The second-order valence-corrected chi connectivity index (χ2v) is 5.48. The smallest absolute Gasteiger partial charge is 0.234 e. The van der Waals surface area contributed by atoms with Gasteiger partial charge in [-0.25, -0.2) is 9.97 Å². The minimum Gasteiger partial charge on any atom is -0.325 e. The first-order valence-corrected chi connectivity index (χ1v) is 7.71. The molecule has 0 aliphatic heterocycles. The Bertz CT molecular complexity index is 808. The summed E-state index contributed by atoms with van der Waals surface area (Å²) in [5.41, 5.74) is 1.28. The first kappa shape index (κ1) is 15.2. The van der Waals surface area contributed by atoms with E-state index in [0.29, 0.717) is 16.5 Å². The molecule has 0 radical (unpaired) electrons. The molecule has 8 heteroatoms. The Balaban J connectivity index is 1.58. The summed E-state index contributed by atoms with van der Waals surface area (Å²) in [6.45, 7) is 0. The molecule has 3 aromatic rings. The third kappa shape index (κ3) is 4.13. The predicted octanol–water partition coefficient (Wildman–Crippen LogP) is 2.74. The molecule has 1 amide bonds. The molecule has 0 spiro atoms. The van der Waals surface area contributed by atoms with Crippen molar-refractivity contribution < 1.29 is 9.18 Å². The van der Waals surface area contributed by atoms with Crippen molar-refractivity contribution in [1.29, 1.82) is 0 Å². The van der Waals surface area contributed by atoms with E-state index in [1.807, 2.05) is 30.3 Å². The van der Waals surface area contributed by atoms with Gasteiger partial charge in [-0.15, -0.1) is 5.10 Å². The molecule has 0 aliphatic rings. The van der Waals surface area contributed by atoms with Crippen molar-refractivity contribution >= 4 is 23.4 Å². The SMILES string of the molecule is O=C(CSc1n[nH]c(-c2ccnc(F)c2)n1)Nc1ccccc1. The van der Waals surface area contributed by atoms with E-state index in [-0.39, 0.29) is 11.7 Å². The number of H-pyrrole nitrogens is 1. The number of aromatic amines is 1. The van der Waals surface area contributed by atoms with E-state index in [4.69, 9.17) is 0 Å². The number of pyridine rings is 1. The number of benzene rings is 1. The first-order valence-electron chi connectivity index (χ1n) is 6.73. The van der Waals surface area contributed by atoms with Crippen LogP contribution < -0.4 is 5.32 Å². The maximum absolute atomic E-state index is 13.1. The number of hydrogen-bond acceptors (Lipinski definition) is 5. The minimum atomic E-state index is -0.588. The van der Waals surface area contributed by atoms with Crippen LogP contribution in [-0.2, 0) is 4.79 Å². The van der Waals surface area contributed by atoms with Crippen molar-refractivity contribution in [3.8, 4) is 11.4 Å². The lowest BCUT2D eigenvalue weighted by Gasteiger charge is -2.02. The molecule has 116 valence electrons. The summed E-state index contributed by atoms with van der Waals surface area (Å²) in [4.78, 5) is 19.6. The molecular formula is C15H12FN5OS. The number of amides is 1. The van der Waals surface area contributed by atoms with Gasteiger partial charge in [0.15, 0.2) is 5.82 Å². The molecular weight excluding hydrogens is 317 g/mol. The number of nitrogens with one attached hydrogen (secondary N) is 2. The number of carbonyl (C=O) groups excluding carboxylic acids is 1. The standard InChI is InChI=1S/C15H12FN5OS/c16-12-8-10(6-7-17-12)14-19-15(21-20-14)23-9-13(22)18-11-4-2-1-3-5-11/h1-8H,9H2,(H,18,22)(H,19,20,21). The Morgan fingerprint density at radius 3 is 2.87 bits per heavy atom. The highest BCUT2D eigenvalue weighted by atomic mass is 32.2. The van der Waals surface area contributed by atoms with Crippen LogP contribution in [0.4, 0.5) is 10.1 Å². The van der Waals surface area contributed by atoms with E-state index in [1.54, 1.807) is 6.07 Å². The van der Waals surface area contributed by atoms with Crippen LogP contribution in [0.1, 0.15) is 0 Å². The normalized spacial score (nSPS) is 10.5. The number of aromatic nitrogens is 4. The summed E-state index contributed by atoms with van der Waals surface area (Å²) < 4.78 is 13.1. The van der Waals surface area contributed by atoms with Gasteiger partial charge in [0, 0.05) is 23.5 Å². The third-order valence-electron chi connectivity index (χ3n) is 2.85. The fourth-order valence-electron chi connectivity index (χ4n) is 1.84. The topological polar surface area (TPSA) is 83.6 Å². The quantitative estimate of drug-likeness (QED) is 0.555. The van der Waals surface area contributed by atoms with Crippen LogP contribution in [-0.4, -0.2) is 31.8 Å². The number of anilines is 1. The summed E-state index contributed by atoms with van der Waals surface area (Å²) in [7, 11) is 0. The average molecular weight is 329 g/mol. The van der Waals surface area contributed by atoms with E-state index in [0.717, 1.165) is 5.69 Å². The zero-order chi connectivity index (χ0) is 16.1. The number of hydrogen-bond donors (Lipinski definition) is 2. The highest BCUT2D eigenvalue weighted by Crippen LogP contribution is 2.19. The van der Waals surface area contributed by atoms with Gasteiger partial charge in [0.25, 0.3) is 0 Å². The van der Waals surface area contributed by atoms with E-state index in [2.05, 4.69) is 25.5 Å². The molecule has 3 rings (SSSR count). The fourth-order valence-corrected chi connectivity index (χ4v) is 2.44. The molecule has 0 fully saturated rings. The lowest BCUT2D eigenvalue weighted by atomic mass is 10.2. The number of thioether (sulfide) groups is 1. The van der Waals surface area contributed by atoms with Gasteiger partial charge in [-0.3, -0.25) is 9.89 Å². The molecule has 0 unspecified atom stereocenters. The van der Waals surface area contributed by atoms with Gasteiger partial charge in [0.1, 0.15) is 0 Å². The van der Waals surface area contributed by atoms with Gasteiger partial charge in [-0.05, 0) is 18.2 Å². The van der Waals surface area contributed by atoms with Crippen LogP contribution in [0.3, 0.4) is 0 Å². The van der Waals surface area contributed by atoms with Gasteiger partial charge in [0.2, 0.25) is 17.0 Å². The second-order valence-electron chi connectivity index (χ2n) is 4.54. The van der Waals surface area contributed by atoms with Crippen molar-refractivity contribution in [2.75, 3.05) is 11.1 Å². The molecule has 2 N–H and O–H groups in total. The van der Waals surface area contributed by atoms with Gasteiger partial charge < -0.3 is 5.32 Å². The molecule has 0 saturated carbocycles. The van der Waals surface area contributed by atoms with Gasteiger partial charge >= 0.3 is 0 Å². The molecule has 2 heterocycles. The van der Waals surface area contributed by atoms with Crippen LogP contribution in [0.25, 0.3) is 11.4 Å². The molecule has 23 heavy (non-hydrogen) atoms. The monoisotopic (exact) mass is 329 g/mol. The largest absolute Gasteiger partial charge is 0.325 e. The van der Waals surface area contributed by atoms with E-state index in [9.17, 15) is 9.18 Å². The van der Waals surface area contributed by atoms with Crippen LogP contribution >= 0.6 is 11.8 Å². The Kier molecular flexibility index (Phi) is 4.62. The van der Waals surface area contributed by atoms with E-state index >= 15 is 0 Å². The molecule has 0 bridgehead atoms. The van der Waals surface area contributed by atoms with E-state index < -0.39 is 5.95 Å². The molecule has 0 saturated heterocycles. The second kappa shape index (κ2) is 7.01. The summed E-state index contributed by atoms with van der Waals surface area (Å²) >= 11 is 1.19. The number of para-hydroxylation sites is 1. The first-order chi connectivity index (χ1) is 11.2.